The fraction of sp³-hybridized carbons (Fsp3) is 0.647. The van der Waals surface area contributed by atoms with Crippen molar-refractivity contribution in [2.24, 2.45) is 0 Å². The number of para-hydroxylation sites is 1. The minimum Gasteiger partial charge on any atom is -0.508 e. The fourth-order valence-electron chi connectivity index (χ4n) is 3.57. The molecule has 3 N–H and O–H groups in total. The first-order valence-electron chi connectivity index (χ1n) is 8.35. The summed E-state index contributed by atoms with van der Waals surface area (Å²) in [6, 6.07) is 6.82. The number of hydrogen-bond donors (Lipinski definition) is 3. The van der Waals surface area contributed by atoms with Gasteiger partial charge in [-0.2, -0.15) is 0 Å². The topological polar surface area (TPSA) is 74.2 Å². The minimum absolute atomic E-state index is 0.160. The van der Waals surface area contributed by atoms with Crippen LogP contribution in [0.25, 0.3) is 0 Å². The van der Waals surface area contributed by atoms with Gasteiger partial charge in [0, 0.05) is 12.1 Å². The molecule has 0 amide bonds. The molecule has 6 heteroatoms. The SMILES string of the molecule is CCN(CC)C1C2OCC(O2)C(NCc2ccccc2O)C1O. The predicted octanol–water partition coefficient (Wildman–Crippen LogP) is 0.677. The van der Waals surface area contributed by atoms with Crippen molar-refractivity contribution < 1.29 is 19.7 Å². The van der Waals surface area contributed by atoms with Crippen LogP contribution >= 0.6 is 0 Å². The summed E-state index contributed by atoms with van der Waals surface area (Å²) in [6.45, 7) is 6.77. The summed E-state index contributed by atoms with van der Waals surface area (Å²) in [4.78, 5) is 2.17. The Kier molecular flexibility index (Phi) is 5.18. The van der Waals surface area contributed by atoms with Gasteiger partial charge in [-0.25, -0.2) is 0 Å². The van der Waals surface area contributed by atoms with Gasteiger partial charge in [-0.1, -0.05) is 32.0 Å². The second kappa shape index (κ2) is 7.15. The van der Waals surface area contributed by atoms with Crippen molar-refractivity contribution in [3.8, 4) is 5.75 Å². The van der Waals surface area contributed by atoms with E-state index in [1.807, 2.05) is 12.1 Å². The van der Waals surface area contributed by atoms with Crippen LogP contribution in [-0.4, -0.2) is 65.4 Å². The second-order valence-electron chi connectivity index (χ2n) is 6.11. The van der Waals surface area contributed by atoms with Gasteiger partial charge in [-0.05, 0) is 19.2 Å². The molecule has 5 atom stereocenters. The number of rotatable bonds is 6. The summed E-state index contributed by atoms with van der Waals surface area (Å²) in [5.41, 5.74) is 0.806. The van der Waals surface area contributed by atoms with Crippen molar-refractivity contribution in [2.45, 2.75) is 51.0 Å². The van der Waals surface area contributed by atoms with Crippen LogP contribution in [0.5, 0.6) is 5.75 Å². The van der Waals surface area contributed by atoms with E-state index >= 15 is 0 Å². The largest absolute Gasteiger partial charge is 0.508 e. The molecule has 1 aromatic carbocycles. The summed E-state index contributed by atoms with van der Waals surface area (Å²) >= 11 is 0. The zero-order valence-electron chi connectivity index (χ0n) is 13.7. The Morgan fingerprint density at radius 2 is 2.00 bits per heavy atom. The third-order valence-corrected chi connectivity index (χ3v) is 4.88. The van der Waals surface area contributed by atoms with Crippen LogP contribution in [0.4, 0.5) is 0 Å². The average Bonchev–Trinajstić information content (AvgIpc) is 2.98. The smallest absolute Gasteiger partial charge is 0.176 e. The van der Waals surface area contributed by atoms with E-state index in [0.29, 0.717) is 13.2 Å². The molecule has 128 valence electrons. The van der Waals surface area contributed by atoms with E-state index in [4.69, 9.17) is 9.47 Å². The summed E-state index contributed by atoms with van der Waals surface area (Å²) in [7, 11) is 0. The molecule has 5 unspecified atom stereocenters. The van der Waals surface area contributed by atoms with Crippen molar-refractivity contribution in [3.63, 3.8) is 0 Å². The standard InChI is InChI=1S/C17H26N2O4/c1-3-19(4-2)15-16(21)14(13-10-22-17(15)23-13)18-9-11-7-5-6-8-12(11)20/h5-8,13-18,20-21H,3-4,9-10H2,1-2H3. The number of nitrogens with zero attached hydrogens (tertiary/aromatic N) is 1. The lowest BCUT2D eigenvalue weighted by atomic mass is 9.94. The third kappa shape index (κ3) is 3.22. The third-order valence-electron chi connectivity index (χ3n) is 4.88. The predicted molar refractivity (Wildman–Crippen MR) is 86.1 cm³/mol. The lowest BCUT2D eigenvalue weighted by molar-refractivity contribution is -0.181. The highest BCUT2D eigenvalue weighted by molar-refractivity contribution is 5.31. The molecule has 23 heavy (non-hydrogen) atoms. The van der Waals surface area contributed by atoms with E-state index in [2.05, 4.69) is 24.1 Å². The van der Waals surface area contributed by atoms with Gasteiger partial charge in [0.15, 0.2) is 6.29 Å². The van der Waals surface area contributed by atoms with Crippen LogP contribution in [0.2, 0.25) is 0 Å². The number of likely N-dealkylation sites (N-methyl/N-ethyl adjacent to an activating group) is 1. The molecule has 3 rings (SSSR count). The molecule has 2 fully saturated rings. The molecule has 2 aliphatic heterocycles. The highest BCUT2D eigenvalue weighted by Crippen LogP contribution is 2.31. The van der Waals surface area contributed by atoms with E-state index in [-0.39, 0.29) is 30.2 Å². The molecule has 0 spiro atoms. The number of benzene rings is 1. The molecule has 2 heterocycles. The molecule has 0 aromatic heterocycles. The quantitative estimate of drug-likeness (QED) is 0.715. The minimum atomic E-state index is -0.577. The van der Waals surface area contributed by atoms with Gasteiger partial charge in [-0.15, -0.1) is 0 Å². The lowest BCUT2D eigenvalue weighted by Crippen LogP contribution is -2.64. The summed E-state index contributed by atoms with van der Waals surface area (Å²) in [5.74, 6) is 0.257. The highest BCUT2D eigenvalue weighted by atomic mass is 16.7. The Balaban J connectivity index is 1.72. The maximum absolute atomic E-state index is 10.9. The number of phenolic OH excluding ortho intramolecular Hbond substituents is 1. The van der Waals surface area contributed by atoms with E-state index in [9.17, 15) is 10.2 Å². The van der Waals surface area contributed by atoms with Crippen LogP contribution in [0, 0.1) is 0 Å². The Labute approximate surface area is 137 Å². The zero-order valence-corrected chi connectivity index (χ0v) is 13.7. The summed E-state index contributed by atoms with van der Waals surface area (Å²) in [5, 5.41) is 24.1. The number of aliphatic hydroxyl groups excluding tert-OH is 1. The average molecular weight is 322 g/mol. The van der Waals surface area contributed by atoms with E-state index in [1.165, 1.54) is 0 Å². The number of hydrogen-bond acceptors (Lipinski definition) is 6. The molecular weight excluding hydrogens is 296 g/mol. The van der Waals surface area contributed by atoms with Crippen LogP contribution in [0.1, 0.15) is 19.4 Å². The normalized spacial score (nSPS) is 33.3. The Bertz CT molecular complexity index is 521. The number of aliphatic hydroxyl groups is 1. The van der Waals surface area contributed by atoms with Gasteiger partial charge in [0.2, 0.25) is 0 Å². The van der Waals surface area contributed by atoms with E-state index in [0.717, 1.165) is 18.7 Å². The molecule has 0 radical (unpaired) electrons. The highest BCUT2D eigenvalue weighted by Gasteiger charge is 2.51. The number of phenols is 1. The van der Waals surface area contributed by atoms with Crippen LogP contribution in [0.3, 0.4) is 0 Å². The summed E-state index contributed by atoms with van der Waals surface area (Å²) < 4.78 is 11.7. The Hall–Kier alpha value is -1.18. The van der Waals surface area contributed by atoms with Gasteiger partial charge < -0.3 is 25.0 Å². The molecule has 2 bridgehead atoms. The van der Waals surface area contributed by atoms with E-state index in [1.54, 1.807) is 12.1 Å². The number of nitrogens with one attached hydrogen (secondary N) is 1. The van der Waals surface area contributed by atoms with E-state index < -0.39 is 6.10 Å². The molecule has 0 aliphatic carbocycles. The van der Waals surface area contributed by atoms with Crippen molar-refractivity contribution in [1.29, 1.82) is 0 Å². The van der Waals surface area contributed by atoms with Crippen molar-refractivity contribution >= 4 is 0 Å². The first-order valence-corrected chi connectivity index (χ1v) is 8.35. The lowest BCUT2D eigenvalue weighted by Gasteiger charge is -2.43. The Morgan fingerprint density at radius 3 is 2.70 bits per heavy atom. The van der Waals surface area contributed by atoms with Crippen LogP contribution in [-0.2, 0) is 16.0 Å². The van der Waals surface area contributed by atoms with Crippen LogP contribution < -0.4 is 5.32 Å². The molecule has 2 aliphatic rings. The van der Waals surface area contributed by atoms with Crippen molar-refractivity contribution in [1.82, 2.24) is 10.2 Å². The zero-order chi connectivity index (χ0) is 16.4. The van der Waals surface area contributed by atoms with Crippen LogP contribution in [0.15, 0.2) is 24.3 Å². The fourth-order valence-corrected chi connectivity index (χ4v) is 3.57. The molecule has 0 saturated carbocycles. The first kappa shape index (κ1) is 16.7. The van der Waals surface area contributed by atoms with Gasteiger partial charge in [0.05, 0.1) is 24.8 Å². The molecule has 6 nitrogen and oxygen atoms in total. The van der Waals surface area contributed by atoms with Crippen molar-refractivity contribution in [2.75, 3.05) is 19.7 Å². The first-order chi connectivity index (χ1) is 11.2. The molecule has 1 aromatic rings. The maximum atomic E-state index is 10.9. The summed E-state index contributed by atoms with van der Waals surface area (Å²) in [6.07, 6.45) is -1.10. The molecular formula is C17H26N2O4. The molecule has 2 saturated heterocycles. The second-order valence-corrected chi connectivity index (χ2v) is 6.11. The monoisotopic (exact) mass is 322 g/mol. The maximum Gasteiger partial charge on any atom is 0.176 e. The number of ether oxygens (including phenoxy) is 2. The number of aromatic hydroxyl groups is 1. The van der Waals surface area contributed by atoms with Gasteiger partial charge >= 0.3 is 0 Å². The van der Waals surface area contributed by atoms with Gasteiger partial charge in [0.1, 0.15) is 11.9 Å². The van der Waals surface area contributed by atoms with Gasteiger partial charge in [0.25, 0.3) is 0 Å². The Morgan fingerprint density at radius 1 is 1.26 bits per heavy atom. The van der Waals surface area contributed by atoms with Crippen molar-refractivity contribution in [3.05, 3.63) is 29.8 Å². The number of fused-ring (bicyclic) bond motifs is 2. The van der Waals surface area contributed by atoms with Gasteiger partial charge in [-0.3, -0.25) is 4.90 Å².